The average Bonchev–Trinajstić information content (AvgIpc) is 2.87. The van der Waals surface area contributed by atoms with Gasteiger partial charge in [0.05, 0.1) is 6.54 Å². The van der Waals surface area contributed by atoms with E-state index in [1.54, 1.807) is 16.2 Å². The molecule has 0 fully saturated rings. The molecule has 6 heteroatoms. The quantitative estimate of drug-likeness (QED) is 0.760. The zero-order valence-corrected chi connectivity index (χ0v) is 12.5. The van der Waals surface area contributed by atoms with Crippen LogP contribution in [0.1, 0.15) is 25.1 Å². The van der Waals surface area contributed by atoms with E-state index in [0.29, 0.717) is 6.54 Å². The molecule has 1 rings (SSSR count). The summed E-state index contributed by atoms with van der Waals surface area (Å²) in [6, 6.07) is 2.54. The van der Waals surface area contributed by atoms with Crippen molar-refractivity contribution in [3.63, 3.8) is 0 Å². The number of carboxylic acids is 1. The predicted octanol–water partition coefficient (Wildman–Crippen LogP) is 2.70. The molecule has 0 aliphatic rings. The highest BCUT2D eigenvalue weighted by atomic mass is 32.1. The number of carbonyl (C=O) groups is 2. The van der Waals surface area contributed by atoms with E-state index in [9.17, 15) is 9.59 Å². The minimum absolute atomic E-state index is 0.0183. The summed E-state index contributed by atoms with van der Waals surface area (Å²) in [7, 11) is 0. The Labute approximate surface area is 122 Å². The Hall–Kier alpha value is -1.82. The van der Waals surface area contributed by atoms with Crippen LogP contribution in [-0.2, 0) is 11.3 Å². The molecule has 0 saturated carbocycles. The summed E-state index contributed by atoms with van der Waals surface area (Å²) >= 11 is 1.57. The third-order valence-corrected chi connectivity index (χ3v) is 3.65. The lowest BCUT2D eigenvalue weighted by atomic mass is 10.2. The van der Waals surface area contributed by atoms with Gasteiger partial charge in [-0.1, -0.05) is 12.1 Å². The van der Waals surface area contributed by atoms with Gasteiger partial charge in [-0.3, -0.25) is 0 Å². The second-order valence-electron chi connectivity index (χ2n) is 4.67. The third kappa shape index (κ3) is 4.70. The molecule has 0 saturated heterocycles. The number of aliphatic carboxylic acids is 1. The third-order valence-electron chi connectivity index (χ3n) is 2.79. The fourth-order valence-electron chi connectivity index (χ4n) is 1.68. The van der Waals surface area contributed by atoms with Gasteiger partial charge in [-0.15, -0.1) is 17.9 Å². The SMILES string of the molecule is C=CCC(NC(=O)N(Cc1cccs1)C(C)C)C(=O)O. The van der Waals surface area contributed by atoms with E-state index in [0.717, 1.165) is 4.88 Å². The van der Waals surface area contributed by atoms with Crippen LogP contribution in [0.15, 0.2) is 30.2 Å². The molecular formula is C14H20N2O3S. The van der Waals surface area contributed by atoms with Crippen molar-refractivity contribution in [2.24, 2.45) is 0 Å². The number of carbonyl (C=O) groups excluding carboxylic acids is 1. The zero-order valence-electron chi connectivity index (χ0n) is 11.7. The highest BCUT2D eigenvalue weighted by Gasteiger charge is 2.23. The van der Waals surface area contributed by atoms with E-state index < -0.39 is 12.0 Å². The first-order chi connectivity index (χ1) is 9.45. The van der Waals surface area contributed by atoms with Gasteiger partial charge in [0, 0.05) is 10.9 Å². The molecule has 0 aliphatic carbocycles. The van der Waals surface area contributed by atoms with Crippen LogP contribution in [0.2, 0.25) is 0 Å². The molecule has 0 aliphatic heterocycles. The molecule has 5 nitrogen and oxygen atoms in total. The molecule has 1 unspecified atom stereocenters. The zero-order chi connectivity index (χ0) is 15.1. The highest BCUT2D eigenvalue weighted by Crippen LogP contribution is 2.14. The van der Waals surface area contributed by atoms with Crippen LogP contribution in [-0.4, -0.2) is 34.1 Å². The topological polar surface area (TPSA) is 69.6 Å². The fourth-order valence-corrected chi connectivity index (χ4v) is 2.38. The summed E-state index contributed by atoms with van der Waals surface area (Å²) < 4.78 is 0. The van der Waals surface area contributed by atoms with Crippen molar-refractivity contribution in [3.8, 4) is 0 Å². The number of hydrogen-bond donors (Lipinski definition) is 2. The van der Waals surface area contributed by atoms with Crippen LogP contribution in [0.25, 0.3) is 0 Å². The monoisotopic (exact) mass is 296 g/mol. The first-order valence-corrected chi connectivity index (χ1v) is 7.27. The number of amides is 2. The number of urea groups is 1. The molecule has 0 bridgehead atoms. The first-order valence-electron chi connectivity index (χ1n) is 6.39. The van der Waals surface area contributed by atoms with Crippen molar-refractivity contribution in [1.82, 2.24) is 10.2 Å². The predicted molar refractivity (Wildman–Crippen MR) is 79.8 cm³/mol. The second kappa shape index (κ2) is 7.69. The number of thiophene rings is 1. The van der Waals surface area contributed by atoms with Crippen LogP contribution in [0.3, 0.4) is 0 Å². The summed E-state index contributed by atoms with van der Waals surface area (Å²) in [6.45, 7) is 7.78. The summed E-state index contributed by atoms with van der Waals surface area (Å²) in [5, 5.41) is 13.5. The van der Waals surface area contributed by atoms with Gasteiger partial charge < -0.3 is 15.3 Å². The smallest absolute Gasteiger partial charge is 0.326 e. The number of rotatable bonds is 7. The van der Waals surface area contributed by atoms with Crippen molar-refractivity contribution in [2.75, 3.05) is 0 Å². The lowest BCUT2D eigenvalue weighted by Crippen LogP contribution is -2.49. The molecule has 2 N–H and O–H groups in total. The van der Waals surface area contributed by atoms with Crippen LogP contribution >= 0.6 is 11.3 Å². The summed E-state index contributed by atoms with van der Waals surface area (Å²) in [5.41, 5.74) is 0. The Bertz CT molecular complexity index is 457. The molecule has 20 heavy (non-hydrogen) atoms. The van der Waals surface area contributed by atoms with E-state index in [4.69, 9.17) is 5.11 Å². The van der Waals surface area contributed by atoms with Gasteiger partial charge in [0.25, 0.3) is 0 Å². The van der Waals surface area contributed by atoms with E-state index in [2.05, 4.69) is 11.9 Å². The minimum atomic E-state index is -1.06. The number of nitrogens with zero attached hydrogens (tertiary/aromatic N) is 1. The molecule has 1 heterocycles. The Morgan fingerprint density at radius 1 is 1.55 bits per heavy atom. The Morgan fingerprint density at radius 2 is 2.25 bits per heavy atom. The van der Waals surface area contributed by atoms with Gasteiger partial charge in [0.15, 0.2) is 0 Å². The second-order valence-corrected chi connectivity index (χ2v) is 5.70. The molecule has 110 valence electrons. The van der Waals surface area contributed by atoms with Gasteiger partial charge in [-0.25, -0.2) is 9.59 Å². The first kappa shape index (κ1) is 16.2. The Kier molecular flexibility index (Phi) is 6.24. The van der Waals surface area contributed by atoms with Crippen LogP contribution in [0, 0.1) is 0 Å². The van der Waals surface area contributed by atoms with Crippen molar-refractivity contribution < 1.29 is 14.7 Å². The van der Waals surface area contributed by atoms with Crippen LogP contribution < -0.4 is 5.32 Å². The van der Waals surface area contributed by atoms with Gasteiger partial charge in [-0.2, -0.15) is 0 Å². The average molecular weight is 296 g/mol. The molecule has 0 aromatic carbocycles. The molecule has 0 spiro atoms. The maximum absolute atomic E-state index is 12.2. The van der Waals surface area contributed by atoms with Gasteiger partial charge >= 0.3 is 12.0 Å². The molecule has 1 aromatic heterocycles. The molecule has 1 atom stereocenters. The van der Waals surface area contributed by atoms with E-state index in [1.165, 1.54) is 6.08 Å². The molecule has 1 aromatic rings. The van der Waals surface area contributed by atoms with Crippen LogP contribution in [0.4, 0.5) is 4.79 Å². The maximum Gasteiger partial charge on any atom is 0.326 e. The normalized spacial score (nSPS) is 11.9. The van der Waals surface area contributed by atoms with Crippen molar-refractivity contribution in [1.29, 1.82) is 0 Å². The van der Waals surface area contributed by atoms with Gasteiger partial charge in [0.2, 0.25) is 0 Å². The summed E-state index contributed by atoms with van der Waals surface area (Å²) in [4.78, 5) is 26.0. The maximum atomic E-state index is 12.2. The summed E-state index contributed by atoms with van der Waals surface area (Å²) in [5.74, 6) is -1.06. The fraction of sp³-hybridized carbons (Fsp3) is 0.429. The Morgan fingerprint density at radius 3 is 2.70 bits per heavy atom. The van der Waals surface area contributed by atoms with Crippen molar-refractivity contribution >= 4 is 23.3 Å². The van der Waals surface area contributed by atoms with E-state index in [1.807, 2.05) is 31.4 Å². The minimum Gasteiger partial charge on any atom is -0.480 e. The van der Waals surface area contributed by atoms with E-state index >= 15 is 0 Å². The lowest BCUT2D eigenvalue weighted by Gasteiger charge is -2.28. The van der Waals surface area contributed by atoms with Gasteiger partial charge in [-0.05, 0) is 31.7 Å². The number of carboxylic acid groups (broad SMARTS) is 1. The van der Waals surface area contributed by atoms with Crippen molar-refractivity contribution in [3.05, 3.63) is 35.0 Å². The molecule has 2 amide bonds. The standard InChI is InChI=1S/C14H20N2O3S/c1-4-6-12(13(17)18)15-14(19)16(10(2)3)9-11-7-5-8-20-11/h4-5,7-8,10,12H,1,6,9H2,2-3H3,(H,15,19)(H,17,18). The van der Waals surface area contributed by atoms with Crippen LogP contribution in [0.5, 0.6) is 0 Å². The highest BCUT2D eigenvalue weighted by molar-refractivity contribution is 7.09. The molecule has 0 radical (unpaired) electrons. The number of hydrogen-bond acceptors (Lipinski definition) is 3. The van der Waals surface area contributed by atoms with Gasteiger partial charge in [0.1, 0.15) is 6.04 Å². The molecular weight excluding hydrogens is 276 g/mol. The van der Waals surface area contributed by atoms with E-state index in [-0.39, 0.29) is 18.5 Å². The largest absolute Gasteiger partial charge is 0.480 e. The number of nitrogens with one attached hydrogen (secondary N) is 1. The lowest BCUT2D eigenvalue weighted by molar-refractivity contribution is -0.139. The Balaban J connectivity index is 2.73. The van der Waals surface area contributed by atoms with Crippen molar-refractivity contribution in [2.45, 2.75) is 38.9 Å². The summed E-state index contributed by atoms with van der Waals surface area (Å²) in [6.07, 6.45) is 1.68.